The Kier molecular flexibility index (Phi) is 6.29. The van der Waals surface area contributed by atoms with Gasteiger partial charge in [0, 0.05) is 28.3 Å². The summed E-state index contributed by atoms with van der Waals surface area (Å²) in [7, 11) is 2.85. The van der Waals surface area contributed by atoms with E-state index in [2.05, 4.69) is 4.98 Å². The molecule has 0 spiro atoms. The van der Waals surface area contributed by atoms with E-state index >= 15 is 0 Å². The molecular weight excluding hydrogens is 399 g/mol. The summed E-state index contributed by atoms with van der Waals surface area (Å²) in [6.45, 7) is 1.80. The van der Waals surface area contributed by atoms with Crippen LogP contribution in [0.4, 0.5) is 0 Å². The maximum Gasteiger partial charge on any atom is 0.358 e. The lowest BCUT2D eigenvalue weighted by molar-refractivity contribution is 0.0578. The molecule has 0 amide bonds. The third-order valence-corrected chi connectivity index (χ3v) is 4.78. The first-order valence-electron chi connectivity index (χ1n) is 8.49. The van der Waals surface area contributed by atoms with Crippen molar-refractivity contribution in [2.75, 3.05) is 14.2 Å². The van der Waals surface area contributed by atoms with Crippen molar-refractivity contribution in [3.63, 3.8) is 0 Å². The largest absolute Gasteiger partial charge is 0.464 e. The lowest BCUT2D eigenvalue weighted by atomic mass is 10.0. The number of carbonyl (C=O) groups is 1. The van der Waals surface area contributed by atoms with Crippen LogP contribution in [0.3, 0.4) is 0 Å². The molecule has 5 nitrogen and oxygen atoms in total. The Hall–Kier alpha value is -2.47. The SMILES string of the molecule is COC(=O)c1nc(-c2ccc(Cl)cc2)c(-c2ccc(Cl)cc2)nc1C(C)OC. The zero-order valence-corrected chi connectivity index (χ0v) is 17.1. The van der Waals surface area contributed by atoms with Gasteiger partial charge >= 0.3 is 5.97 Å². The minimum atomic E-state index is -0.579. The van der Waals surface area contributed by atoms with Crippen molar-refractivity contribution in [2.45, 2.75) is 13.0 Å². The zero-order chi connectivity index (χ0) is 20.3. The average molecular weight is 417 g/mol. The van der Waals surface area contributed by atoms with Gasteiger partial charge in [-0.05, 0) is 31.2 Å². The van der Waals surface area contributed by atoms with E-state index in [0.29, 0.717) is 27.1 Å². The topological polar surface area (TPSA) is 61.3 Å². The van der Waals surface area contributed by atoms with E-state index in [1.165, 1.54) is 7.11 Å². The van der Waals surface area contributed by atoms with E-state index in [1.807, 2.05) is 24.3 Å². The van der Waals surface area contributed by atoms with E-state index in [1.54, 1.807) is 38.3 Å². The summed E-state index contributed by atoms with van der Waals surface area (Å²) in [4.78, 5) is 21.7. The summed E-state index contributed by atoms with van der Waals surface area (Å²) in [5.41, 5.74) is 3.22. The second kappa shape index (κ2) is 8.69. The third kappa shape index (κ3) is 4.17. The van der Waals surface area contributed by atoms with E-state index in [0.717, 1.165) is 11.1 Å². The summed E-state index contributed by atoms with van der Waals surface area (Å²) >= 11 is 12.1. The molecule has 7 heteroatoms. The van der Waals surface area contributed by atoms with Crippen molar-refractivity contribution in [1.82, 2.24) is 9.97 Å². The van der Waals surface area contributed by atoms with Gasteiger partial charge in [0.1, 0.15) is 5.69 Å². The normalized spacial score (nSPS) is 11.9. The van der Waals surface area contributed by atoms with Gasteiger partial charge in [0.05, 0.1) is 24.6 Å². The van der Waals surface area contributed by atoms with Crippen LogP contribution in [0.15, 0.2) is 48.5 Å². The number of aromatic nitrogens is 2. The summed E-state index contributed by atoms with van der Waals surface area (Å²) < 4.78 is 10.3. The molecule has 28 heavy (non-hydrogen) atoms. The fraction of sp³-hybridized carbons (Fsp3) is 0.190. The Morgan fingerprint density at radius 3 is 1.75 bits per heavy atom. The van der Waals surface area contributed by atoms with Crippen LogP contribution in [0, 0.1) is 0 Å². The highest BCUT2D eigenvalue weighted by molar-refractivity contribution is 6.31. The Labute approximate surface area is 173 Å². The molecule has 0 N–H and O–H groups in total. The molecule has 144 valence electrons. The lowest BCUT2D eigenvalue weighted by Gasteiger charge is -2.17. The van der Waals surface area contributed by atoms with Gasteiger partial charge in [-0.2, -0.15) is 0 Å². The van der Waals surface area contributed by atoms with Crippen LogP contribution in [0.25, 0.3) is 22.5 Å². The third-order valence-electron chi connectivity index (χ3n) is 4.28. The molecule has 0 bridgehead atoms. The highest BCUT2D eigenvalue weighted by Gasteiger charge is 2.25. The highest BCUT2D eigenvalue weighted by Crippen LogP contribution is 2.33. The second-order valence-corrected chi connectivity index (χ2v) is 6.91. The number of halogens is 2. The van der Waals surface area contributed by atoms with Crippen LogP contribution in [-0.2, 0) is 9.47 Å². The minimum absolute atomic E-state index is 0.111. The minimum Gasteiger partial charge on any atom is -0.464 e. The van der Waals surface area contributed by atoms with Crippen molar-refractivity contribution < 1.29 is 14.3 Å². The molecule has 1 atom stereocenters. The summed E-state index contributed by atoms with van der Waals surface area (Å²) in [6.07, 6.45) is -0.452. The molecule has 0 fully saturated rings. The Morgan fingerprint density at radius 2 is 1.32 bits per heavy atom. The molecule has 1 heterocycles. The monoisotopic (exact) mass is 416 g/mol. The molecule has 2 aromatic carbocycles. The molecule has 1 unspecified atom stereocenters. The van der Waals surface area contributed by atoms with Crippen LogP contribution < -0.4 is 0 Å². The van der Waals surface area contributed by atoms with Gasteiger partial charge in [-0.15, -0.1) is 0 Å². The molecule has 0 saturated carbocycles. The van der Waals surface area contributed by atoms with E-state index in [9.17, 15) is 4.79 Å². The smallest absolute Gasteiger partial charge is 0.358 e. The molecule has 0 radical (unpaired) electrons. The number of carbonyl (C=O) groups excluding carboxylic acids is 1. The average Bonchev–Trinajstić information content (AvgIpc) is 2.73. The highest BCUT2D eigenvalue weighted by atomic mass is 35.5. The van der Waals surface area contributed by atoms with Gasteiger partial charge < -0.3 is 9.47 Å². The number of ether oxygens (including phenoxy) is 2. The van der Waals surface area contributed by atoms with Crippen LogP contribution in [-0.4, -0.2) is 30.2 Å². The molecular formula is C21H18Cl2N2O3. The Balaban J connectivity index is 2.31. The molecule has 0 aliphatic heterocycles. The van der Waals surface area contributed by atoms with Crippen molar-refractivity contribution in [3.8, 4) is 22.5 Å². The first kappa shape index (κ1) is 20.3. The molecule has 0 aliphatic rings. The quantitative estimate of drug-likeness (QED) is 0.505. The molecule has 3 aromatic rings. The predicted molar refractivity (Wildman–Crippen MR) is 110 cm³/mol. The van der Waals surface area contributed by atoms with E-state index < -0.39 is 12.1 Å². The number of benzene rings is 2. The number of nitrogens with zero attached hydrogens (tertiary/aromatic N) is 2. The Bertz CT molecular complexity index is 990. The lowest BCUT2D eigenvalue weighted by Crippen LogP contribution is -2.15. The zero-order valence-electron chi connectivity index (χ0n) is 15.6. The van der Waals surface area contributed by atoms with Gasteiger partial charge in [0.15, 0.2) is 5.69 Å². The number of hydrogen-bond acceptors (Lipinski definition) is 5. The van der Waals surface area contributed by atoms with Crippen LogP contribution in [0.1, 0.15) is 29.2 Å². The van der Waals surface area contributed by atoms with E-state index in [4.69, 9.17) is 37.7 Å². The maximum atomic E-state index is 12.4. The van der Waals surface area contributed by atoms with Crippen LogP contribution in [0.5, 0.6) is 0 Å². The summed E-state index contributed by atoms with van der Waals surface area (Å²) in [5.74, 6) is -0.579. The molecule has 1 aromatic heterocycles. The van der Waals surface area contributed by atoms with Gasteiger partial charge in [-0.1, -0.05) is 47.5 Å². The fourth-order valence-corrected chi connectivity index (χ4v) is 2.96. The Morgan fingerprint density at radius 1 is 0.857 bits per heavy atom. The van der Waals surface area contributed by atoms with E-state index in [-0.39, 0.29) is 5.69 Å². The first-order valence-corrected chi connectivity index (χ1v) is 9.25. The fourth-order valence-electron chi connectivity index (χ4n) is 2.71. The first-order chi connectivity index (χ1) is 13.4. The maximum absolute atomic E-state index is 12.4. The van der Waals surface area contributed by atoms with Crippen molar-refractivity contribution in [2.24, 2.45) is 0 Å². The summed E-state index contributed by atoms with van der Waals surface area (Å²) in [5, 5.41) is 1.21. The van der Waals surface area contributed by atoms with Gasteiger partial charge in [-0.3, -0.25) is 0 Å². The van der Waals surface area contributed by atoms with Crippen LogP contribution in [0.2, 0.25) is 10.0 Å². The number of esters is 1. The van der Waals surface area contributed by atoms with Crippen LogP contribution >= 0.6 is 23.2 Å². The molecule has 0 saturated heterocycles. The number of hydrogen-bond donors (Lipinski definition) is 0. The van der Waals surface area contributed by atoms with Gasteiger partial charge in [0.25, 0.3) is 0 Å². The van der Waals surface area contributed by atoms with Gasteiger partial charge in [-0.25, -0.2) is 14.8 Å². The van der Waals surface area contributed by atoms with Crippen molar-refractivity contribution in [3.05, 3.63) is 70.0 Å². The number of methoxy groups -OCH3 is 2. The van der Waals surface area contributed by atoms with Crippen molar-refractivity contribution >= 4 is 29.2 Å². The molecule has 0 aliphatic carbocycles. The second-order valence-electron chi connectivity index (χ2n) is 6.04. The van der Waals surface area contributed by atoms with Gasteiger partial charge in [0.2, 0.25) is 0 Å². The standard InChI is InChI=1S/C21H18Cl2N2O3/c1-12(27-2)17-20(21(26)28-3)25-19(14-6-10-16(23)11-7-14)18(24-17)13-4-8-15(22)9-5-13/h4-12H,1-3H3. The predicted octanol–water partition coefficient (Wildman–Crippen LogP) is 5.61. The van der Waals surface area contributed by atoms with Crippen molar-refractivity contribution in [1.29, 1.82) is 0 Å². The summed E-state index contributed by atoms with van der Waals surface area (Å²) in [6, 6.07) is 14.4. The number of rotatable bonds is 5. The molecule has 3 rings (SSSR count).